The van der Waals surface area contributed by atoms with Crippen molar-refractivity contribution in [2.75, 3.05) is 57.1 Å². The molecule has 1 atom stereocenters. The summed E-state index contributed by atoms with van der Waals surface area (Å²) in [6.45, 7) is 4.15. The Morgan fingerprint density at radius 3 is 2.13 bits per heavy atom. The first-order valence-corrected chi connectivity index (χ1v) is 22.2. The molecule has 1 saturated heterocycles. The van der Waals surface area contributed by atoms with Crippen LogP contribution in [0.3, 0.4) is 0 Å². The topological polar surface area (TPSA) is 145 Å². The Hall–Kier alpha value is -5.77. The van der Waals surface area contributed by atoms with Gasteiger partial charge in [0.05, 0.1) is 12.1 Å². The zero-order valence-electron chi connectivity index (χ0n) is 34.1. The molecule has 1 aliphatic heterocycles. The highest BCUT2D eigenvalue weighted by Crippen LogP contribution is 2.36. The number of thiazole rings is 1. The summed E-state index contributed by atoms with van der Waals surface area (Å²) in [5.74, 6) is 1.11. The molecule has 1 saturated carbocycles. The molecular weight excluding hydrogens is 859 g/mol. The number of nitrogens with zero attached hydrogens (tertiary/aromatic N) is 4. The fourth-order valence-corrected chi connectivity index (χ4v) is 7.96. The zero-order valence-corrected chi connectivity index (χ0v) is 36.5. The number of halogens is 1. The molecule has 61 heavy (non-hydrogen) atoms. The van der Waals surface area contributed by atoms with Gasteiger partial charge in [-0.05, 0) is 91.5 Å². The third-order valence-electron chi connectivity index (χ3n) is 10.5. The van der Waals surface area contributed by atoms with Gasteiger partial charge in [-0.15, -0.1) is 11.3 Å². The number of aromatic nitrogens is 1. The Morgan fingerprint density at radius 1 is 0.820 bits per heavy atom. The van der Waals surface area contributed by atoms with E-state index < -0.39 is 12.1 Å². The van der Waals surface area contributed by atoms with Crippen LogP contribution in [0.15, 0.2) is 113 Å². The number of ether oxygens (including phenoxy) is 2. The summed E-state index contributed by atoms with van der Waals surface area (Å²) in [5.41, 5.74) is 3.99. The molecule has 318 valence electrons. The number of aryl methyl sites for hydroxylation is 1. The van der Waals surface area contributed by atoms with Crippen molar-refractivity contribution in [2.45, 2.75) is 50.7 Å². The summed E-state index contributed by atoms with van der Waals surface area (Å²) in [4.78, 5) is 63.2. The van der Waals surface area contributed by atoms with E-state index in [-0.39, 0.29) is 36.6 Å². The number of rotatable bonds is 18. The molecule has 0 spiro atoms. The number of urea groups is 1. The van der Waals surface area contributed by atoms with Gasteiger partial charge in [-0.1, -0.05) is 70.5 Å². The molecule has 2 heterocycles. The second kappa shape index (κ2) is 21.2. The molecule has 5 amide bonds. The Labute approximate surface area is 368 Å². The minimum atomic E-state index is -0.725. The molecule has 7 rings (SSSR count). The summed E-state index contributed by atoms with van der Waals surface area (Å²) >= 11 is 4.77. The highest BCUT2D eigenvalue weighted by molar-refractivity contribution is 9.10. The van der Waals surface area contributed by atoms with Crippen LogP contribution < -0.4 is 25.4 Å². The Morgan fingerprint density at radius 2 is 1.48 bits per heavy atom. The number of carbonyl (C=O) groups excluding carboxylic acids is 4. The molecule has 13 nitrogen and oxygen atoms in total. The van der Waals surface area contributed by atoms with Crippen LogP contribution in [-0.4, -0.2) is 95.9 Å². The highest BCUT2D eigenvalue weighted by Gasteiger charge is 2.41. The van der Waals surface area contributed by atoms with Gasteiger partial charge in [0.25, 0.3) is 0 Å². The van der Waals surface area contributed by atoms with E-state index in [1.807, 2.05) is 90.8 Å². The van der Waals surface area contributed by atoms with Gasteiger partial charge >= 0.3 is 6.03 Å². The SMILES string of the molecule is CN1CCN(C(=O)Cc2csc(NC(=O)Nc3ccc(OCCOc4ccc(CCC(=O)N(C5CC5)C(C(=O)NCc5ccccc5)c5ccc(Br)cc5)cc4)cc3)n2)CC1. The van der Waals surface area contributed by atoms with Crippen molar-refractivity contribution >= 4 is 61.8 Å². The van der Waals surface area contributed by atoms with Crippen LogP contribution in [0.5, 0.6) is 11.5 Å². The Balaban J connectivity index is 0.825. The second-order valence-corrected chi connectivity index (χ2v) is 16.9. The van der Waals surface area contributed by atoms with E-state index in [9.17, 15) is 19.2 Å². The van der Waals surface area contributed by atoms with Gasteiger partial charge in [-0.25, -0.2) is 9.78 Å². The van der Waals surface area contributed by atoms with E-state index in [1.165, 1.54) is 11.3 Å². The summed E-state index contributed by atoms with van der Waals surface area (Å²) < 4.78 is 12.7. The number of amides is 5. The van der Waals surface area contributed by atoms with Crippen molar-refractivity contribution in [3.05, 3.63) is 135 Å². The lowest BCUT2D eigenvalue weighted by Crippen LogP contribution is -2.47. The summed E-state index contributed by atoms with van der Waals surface area (Å²) in [6.07, 6.45) is 2.77. The fourth-order valence-electron chi connectivity index (χ4n) is 6.99. The molecular formula is C46H50BrN7O6S. The molecule has 1 aromatic heterocycles. The third-order valence-corrected chi connectivity index (χ3v) is 11.8. The van der Waals surface area contributed by atoms with Crippen LogP contribution in [-0.2, 0) is 33.8 Å². The minimum absolute atomic E-state index is 0.0316. The normalized spacial score (nSPS) is 14.4. The van der Waals surface area contributed by atoms with Crippen molar-refractivity contribution in [3.8, 4) is 11.5 Å². The first-order valence-electron chi connectivity index (χ1n) is 20.5. The molecule has 0 bridgehead atoms. The number of piperazine rings is 1. The Bertz CT molecular complexity index is 2230. The number of hydrogen-bond acceptors (Lipinski definition) is 9. The predicted molar refractivity (Wildman–Crippen MR) is 240 cm³/mol. The number of carbonyl (C=O) groups is 4. The lowest BCUT2D eigenvalue weighted by atomic mass is 10.0. The summed E-state index contributed by atoms with van der Waals surface area (Å²) in [5, 5.41) is 10.8. The molecule has 3 N–H and O–H groups in total. The number of hydrogen-bond donors (Lipinski definition) is 3. The lowest BCUT2D eigenvalue weighted by molar-refractivity contribution is -0.141. The highest BCUT2D eigenvalue weighted by atomic mass is 79.9. The van der Waals surface area contributed by atoms with E-state index in [4.69, 9.17) is 9.47 Å². The van der Waals surface area contributed by atoms with Crippen LogP contribution >= 0.6 is 27.3 Å². The van der Waals surface area contributed by atoms with Gasteiger partial charge in [0, 0.05) is 60.7 Å². The van der Waals surface area contributed by atoms with Crippen LogP contribution in [0, 0.1) is 0 Å². The maximum atomic E-state index is 13.9. The van der Waals surface area contributed by atoms with Crippen molar-refractivity contribution in [2.24, 2.45) is 0 Å². The first-order chi connectivity index (χ1) is 29.7. The fraction of sp³-hybridized carbons (Fsp3) is 0.326. The summed E-state index contributed by atoms with van der Waals surface area (Å²) in [7, 11) is 2.05. The van der Waals surface area contributed by atoms with E-state index in [0.717, 1.165) is 47.1 Å². The molecule has 2 fully saturated rings. The van der Waals surface area contributed by atoms with Crippen LogP contribution in [0.4, 0.5) is 15.6 Å². The van der Waals surface area contributed by atoms with E-state index in [1.54, 1.807) is 34.5 Å². The Kier molecular flexibility index (Phi) is 15.0. The number of anilines is 2. The molecule has 4 aromatic carbocycles. The number of nitrogens with one attached hydrogen (secondary N) is 3. The standard InChI is InChI=1S/C46H50BrN7O6S/c1-52-23-25-53(26-24-52)42(56)29-37-31-61-46(50-37)51-45(58)49-36-14-20-40(21-15-36)60-28-27-59-39-18-7-32(8-19-39)9-22-41(55)54(38-16-17-38)43(34-10-12-35(47)13-11-34)44(57)48-30-33-5-3-2-4-6-33/h2-8,10-15,18-21,31,38,43H,9,16-17,22-30H2,1H3,(H,48,57)(H2,49,50,51,58). The van der Waals surface area contributed by atoms with Crippen LogP contribution in [0.1, 0.15) is 47.7 Å². The molecule has 15 heteroatoms. The number of benzene rings is 4. The maximum Gasteiger partial charge on any atom is 0.325 e. The lowest BCUT2D eigenvalue weighted by Gasteiger charge is -2.32. The molecule has 1 aliphatic carbocycles. The largest absolute Gasteiger partial charge is 0.490 e. The van der Waals surface area contributed by atoms with Gasteiger partial charge in [0.15, 0.2) is 5.13 Å². The van der Waals surface area contributed by atoms with E-state index in [0.29, 0.717) is 67.3 Å². The minimum Gasteiger partial charge on any atom is -0.490 e. The average Bonchev–Trinajstić information content (AvgIpc) is 4.02. The first kappa shape index (κ1) is 43.3. The predicted octanol–water partition coefficient (Wildman–Crippen LogP) is 7.31. The molecule has 2 aliphatic rings. The van der Waals surface area contributed by atoms with E-state index >= 15 is 0 Å². The van der Waals surface area contributed by atoms with Gasteiger partial charge in [-0.3, -0.25) is 19.7 Å². The van der Waals surface area contributed by atoms with Crippen molar-refractivity contribution in [1.29, 1.82) is 0 Å². The van der Waals surface area contributed by atoms with Gasteiger partial charge in [0.1, 0.15) is 30.8 Å². The monoisotopic (exact) mass is 907 g/mol. The summed E-state index contributed by atoms with van der Waals surface area (Å²) in [6, 6.07) is 30.9. The zero-order chi connectivity index (χ0) is 42.6. The van der Waals surface area contributed by atoms with Gasteiger partial charge < -0.3 is 34.8 Å². The third kappa shape index (κ3) is 12.9. The average molecular weight is 909 g/mol. The maximum absolute atomic E-state index is 13.9. The van der Waals surface area contributed by atoms with Crippen LogP contribution in [0.2, 0.25) is 0 Å². The van der Waals surface area contributed by atoms with Gasteiger partial charge in [0.2, 0.25) is 17.7 Å². The quantitative estimate of drug-likeness (QED) is 0.0778. The smallest absolute Gasteiger partial charge is 0.325 e. The molecule has 1 unspecified atom stereocenters. The molecule has 5 aromatic rings. The van der Waals surface area contributed by atoms with E-state index in [2.05, 4.69) is 41.8 Å². The van der Waals surface area contributed by atoms with Crippen molar-refractivity contribution in [3.63, 3.8) is 0 Å². The van der Waals surface area contributed by atoms with Crippen molar-refractivity contribution < 1.29 is 28.7 Å². The van der Waals surface area contributed by atoms with Crippen molar-refractivity contribution in [1.82, 2.24) is 25.0 Å². The van der Waals surface area contributed by atoms with Gasteiger partial charge in [-0.2, -0.15) is 0 Å². The van der Waals surface area contributed by atoms with Crippen LogP contribution in [0.25, 0.3) is 0 Å². The number of likely N-dealkylation sites (N-methyl/N-ethyl adjacent to an activating group) is 1. The molecule has 0 radical (unpaired) electrons. The second-order valence-electron chi connectivity index (χ2n) is 15.1.